The molecule has 1 spiro atoms. The summed E-state index contributed by atoms with van der Waals surface area (Å²) in [4.78, 5) is 2.52. The van der Waals surface area contributed by atoms with E-state index in [1.807, 2.05) is 11.9 Å². The molecule has 0 aromatic rings. The molecule has 0 radical (unpaired) electrons. The lowest BCUT2D eigenvalue weighted by Gasteiger charge is -2.48. The number of hydrogen-bond donors (Lipinski definition) is 0. The maximum atomic E-state index is 2.52. The predicted molar refractivity (Wildman–Crippen MR) is 49.7 cm³/mol. The van der Waals surface area contributed by atoms with Crippen LogP contribution in [0.5, 0.6) is 0 Å². The topological polar surface area (TPSA) is 6.48 Å². The van der Waals surface area contributed by atoms with Gasteiger partial charge in [0.1, 0.15) is 0 Å². The first-order valence-electron chi connectivity index (χ1n) is 4.27. The molecule has 3 heteroatoms. The summed E-state index contributed by atoms with van der Waals surface area (Å²) in [7, 11) is 2.26. The van der Waals surface area contributed by atoms with E-state index in [1.165, 1.54) is 32.5 Å². The second kappa shape index (κ2) is 2.64. The van der Waals surface area contributed by atoms with Crippen LogP contribution in [0.15, 0.2) is 0 Å². The van der Waals surface area contributed by atoms with Gasteiger partial charge in [0.2, 0.25) is 0 Å². The van der Waals surface area contributed by atoms with E-state index in [4.69, 9.17) is 0 Å². The summed E-state index contributed by atoms with van der Waals surface area (Å²) in [5, 5.41) is 0. The zero-order valence-electron chi connectivity index (χ0n) is 7.34. The van der Waals surface area contributed by atoms with Crippen LogP contribution in [-0.2, 0) is 0 Å². The minimum atomic E-state index is 0.586. The third-order valence-corrected chi connectivity index (χ3v) is 4.11. The maximum Gasteiger partial charge on any atom is 0.0367 e. The molecule has 2 fully saturated rings. The van der Waals surface area contributed by atoms with Crippen LogP contribution in [0.25, 0.3) is 0 Å². The van der Waals surface area contributed by atoms with Crippen LogP contribution in [0.1, 0.15) is 12.8 Å². The van der Waals surface area contributed by atoms with Crippen LogP contribution in [0.2, 0.25) is 0 Å². The molecule has 64 valence electrons. The molecule has 0 bridgehead atoms. The fourth-order valence-corrected chi connectivity index (χ4v) is 2.79. The van der Waals surface area contributed by atoms with Crippen molar-refractivity contribution in [1.82, 2.24) is 9.21 Å². The van der Waals surface area contributed by atoms with Crippen molar-refractivity contribution in [2.75, 3.05) is 32.9 Å². The molecule has 0 aromatic carbocycles. The highest BCUT2D eigenvalue weighted by atomic mass is 32.2. The van der Waals surface area contributed by atoms with E-state index in [0.29, 0.717) is 5.54 Å². The van der Waals surface area contributed by atoms with Gasteiger partial charge < -0.3 is 0 Å². The summed E-state index contributed by atoms with van der Waals surface area (Å²) in [6.07, 6.45) is 4.97. The molecule has 0 saturated carbocycles. The Labute approximate surface area is 73.1 Å². The van der Waals surface area contributed by atoms with E-state index in [-0.39, 0.29) is 0 Å². The van der Waals surface area contributed by atoms with Gasteiger partial charge in [-0.15, -0.1) is 0 Å². The van der Waals surface area contributed by atoms with Crippen LogP contribution in [0, 0.1) is 0 Å². The second-order valence-electron chi connectivity index (χ2n) is 3.69. The minimum absolute atomic E-state index is 0.586. The number of rotatable bonds is 1. The molecule has 2 aliphatic heterocycles. The van der Waals surface area contributed by atoms with Crippen molar-refractivity contribution < 1.29 is 0 Å². The first-order chi connectivity index (χ1) is 5.27. The van der Waals surface area contributed by atoms with E-state index < -0.39 is 0 Å². The maximum absolute atomic E-state index is 2.52. The summed E-state index contributed by atoms with van der Waals surface area (Å²) in [5.41, 5.74) is 0.586. The van der Waals surface area contributed by atoms with E-state index in [1.54, 1.807) is 0 Å². The Morgan fingerprint density at radius 2 is 2.00 bits per heavy atom. The van der Waals surface area contributed by atoms with E-state index in [9.17, 15) is 0 Å². The van der Waals surface area contributed by atoms with Crippen LogP contribution >= 0.6 is 11.9 Å². The van der Waals surface area contributed by atoms with Crippen LogP contribution in [-0.4, -0.2) is 47.7 Å². The molecule has 0 aromatic heterocycles. The average Bonchev–Trinajstić information content (AvgIpc) is 2.47. The molecule has 0 N–H and O–H groups in total. The number of likely N-dealkylation sites (N-methyl/N-ethyl adjacent to an activating group) is 1. The van der Waals surface area contributed by atoms with Crippen molar-refractivity contribution in [2.24, 2.45) is 0 Å². The normalized spacial score (nSPS) is 39.8. The van der Waals surface area contributed by atoms with Gasteiger partial charge in [0.05, 0.1) is 0 Å². The Bertz CT molecular complexity index is 162. The van der Waals surface area contributed by atoms with Gasteiger partial charge in [0.15, 0.2) is 0 Å². The Hall–Kier alpha value is 0.270. The number of nitrogens with zero attached hydrogens (tertiary/aromatic N) is 2. The molecule has 1 atom stereocenters. The SMILES string of the molecule is CSN1CC[C@]2(CCN2C)C1. The Balaban J connectivity index is 1.97. The summed E-state index contributed by atoms with van der Waals surface area (Å²) < 4.78 is 2.48. The molecule has 2 aliphatic rings. The summed E-state index contributed by atoms with van der Waals surface area (Å²) in [6.45, 7) is 3.87. The van der Waals surface area contributed by atoms with Gasteiger partial charge >= 0.3 is 0 Å². The third kappa shape index (κ3) is 1.10. The van der Waals surface area contributed by atoms with Crippen LogP contribution in [0.3, 0.4) is 0 Å². The van der Waals surface area contributed by atoms with Gasteiger partial charge in [0, 0.05) is 25.2 Å². The standard InChI is InChI=1S/C8H16N2S/c1-9-5-3-8(9)4-6-10(7-8)11-2/h3-7H2,1-2H3/t8-/m1/s1. The monoisotopic (exact) mass is 172 g/mol. The highest BCUT2D eigenvalue weighted by Gasteiger charge is 2.46. The first-order valence-corrected chi connectivity index (χ1v) is 5.45. The molecule has 0 unspecified atom stereocenters. The van der Waals surface area contributed by atoms with E-state index >= 15 is 0 Å². The quantitative estimate of drug-likeness (QED) is 0.546. The predicted octanol–water partition coefficient (Wildman–Crippen LogP) is 1.04. The smallest absolute Gasteiger partial charge is 0.0367 e. The largest absolute Gasteiger partial charge is 0.299 e. The van der Waals surface area contributed by atoms with Crippen molar-refractivity contribution >= 4 is 11.9 Å². The van der Waals surface area contributed by atoms with Gasteiger partial charge in [-0.05, 0) is 26.1 Å². The van der Waals surface area contributed by atoms with E-state index in [0.717, 1.165) is 0 Å². The highest BCUT2D eigenvalue weighted by Crippen LogP contribution is 2.39. The molecular weight excluding hydrogens is 156 g/mol. The Morgan fingerprint density at radius 3 is 2.27 bits per heavy atom. The van der Waals surface area contributed by atoms with Gasteiger partial charge in [-0.1, -0.05) is 11.9 Å². The zero-order valence-corrected chi connectivity index (χ0v) is 8.15. The fourth-order valence-electron chi connectivity index (χ4n) is 2.14. The Kier molecular flexibility index (Phi) is 1.90. The lowest BCUT2D eigenvalue weighted by molar-refractivity contribution is 0.0253. The van der Waals surface area contributed by atoms with Gasteiger partial charge in [-0.2, -0.15) is 0 Å². The van der Waals surface area contributed by atoms with Gasteiger partial charge in [0.25, 0.3) is 0 Å². The molecule has 2 nitrogen and oxygen atoms in total. The lowest BCUT2D eigenvalue weighted by Crippen LogP contribution is -2.58. The average molecular weight is 172 g/mol. The van der Waals surface area contributed by atoms with Gasteiger partial charge in [-0.3, -0.25) is 4.90 Å². The van der Waals surface area contributed by atoms with Crippen molar-refractivity contribution in [3.8, 4) is 0 Å². The van der Waals surface area contributed by atoms with Crippen molar-refractivity contribution in [3.63, 3.8) is 0 Å². The first kappa shape index (κ1) is 7.90. The highest BCUT2D eigenvalue weighted by molar-refractivity contribution is 7.96. The van der Waals surface area contributed by atoms with E-state index in [2.05, 4.69) is 22.5 Å². The molecule has 11 heavy (non-hydrogen) atoms. The van der Waals surface area contributed by atoms with Gasteiger partial charge in [-0.25, -0.2) is 4.31 Å². The van der Waals surface area contributed by atoms with Crippen LogP contribution in [0.4, 0.5) is 0 Å². The van der Waals surface area contributed by atoms with Crippen LogP contribution < -0.4 is 0 Å². The minimum Gasteiger partial charge on any atom is -0.299 e. The molecule has 0 amide bonds. The third-order valence-electron chi connectivity index (χ3n) is 3.28. The summed E-state index contributed by atoms with van der Waals surface area (Å²) in [5.74, 6) is 0. The van der Waals surface area contributed by atoms with Crippen molar-refractivity contribution in [1.29, 1.82) is 0 Å². The number of likely N-dealkylation sites (tertiary alicyclic amines) is 1. The summed E-state index contributed by atoms with van der Waals surface area (Å²) in [6, 6.07) is 0. The molecular formula is C8H16N2S. The van der Waals surface area contributed by atoms with Crippen molar-refractivity contribution in [3.05, 3.63) is 0 Å². The molecule has 2 heterocycles. The lowest BCUT2D eigenvalue weighted by atomic mass is 9.85. The summed E-state index contributed by atoms with van der Waals surface area (Å²) >= 11 is 1.89. The Morgan fingerprint density at radius 1 is 1.27 bits per heavy atom. The second-order valence-corrected chi connectivity index (χ2v) is 4.57. The van der Waals surface area contributed by atoms with Crippen molar-refractivity contribution in [2.45, 2.75) is 18.4 Å². The molecule has 2 saturated heterocycles. The molecule has 0 aliphatic carbocycles. The molecule has 2 rings (SSSR count). The zero-order chi connectivity index (χ0) is 7.90. The fraction of sp³-hybridized carbons (Fsp3) is 1.00. The number of hydrogen-bond acceptors (Lipinski definition) is 3.